The summed E-state index contributed by atoms with van der Waals surface area (Å²) in [5, 5.41) is 3.15. The number of likely N-dealkylation sites (tertiary alicyclic amines) is 1. The van der Waals surface area contributed by atoms with Gasteiger partial charge in [0, 0.05) is 19.0 Å². The average Bonchev–Trinajstić information content (AvgIpc) is 2.74. The van der Waals surface area contributed by atoms with Crippen molar-refractivity contribution in [2.45, 2.75) is 46.1 Å². The van der Waals surface area contributed by atoms with E-state index in [4.69, 9.17) is 4.74 Å². The zero-order valence-electron chi connectivity index (χ0n) is 17.8. The van der Waals surface area contributed by atoms with E-state index in [9.17, 15) is 4.79 Å². The molecule has 1 aliphatic heterocycles. The monoisotopic (exact) mass is 394 g/mol. The average molecular weight is 395 g/mol. The number of benzene rings is 2. The summed E-state index contributed by atoms with van der Waals surface area (Å²) in [6, 6.07) is 16.7. The number of hydrogen-bond donors (Lipinski definition) is 1. The molecule has 1 fully saturated rings. The Labute approximate surface area is 175 Å². The Balaban J connectivity index is 1.36. The lowest BCUT2D eigenvalue weighted by Crippen LogP contribution is -2.40. The maximum absolute atomic E-state index is 12.5. The first kappa shape index (κ1) is 21.4. The molecule has 0 bridgehead atoms. The molecule has 1 aliphatic rings. The van der Waals surface area contributed by atoms with Crippen LogP contribution < -0.4 is 10.1 Å². The minimum atomic E-state index is 0.152. The van der Waals surface area contributed by atoms with Crippen molar-refractivity contribution in [3.8, 4) is 5.75 Å². The molecule has 156 valence electrons. The lowest BCUT2D eigenvalue weighted by Gasteiger charge is -2.31. The van der Waals surface area contributed by atoms with Crippen molar-refractivity contribution in [3.63, 3.8) is 0 Å². The lowest BCUT2D eigenvalue weighted by atomic mass is 9.95. The van der Waals surface area contributed by atoms with Crippen molar-refractivity contribution in [2.24, 2.45) is 5.92 Å². The van der Waals surface area contributed by atoms with Crippen molar-refractivity contribution in [3.05, 3.63) is 65.2 Å². The fraction of sp³-hybridized carbons (Fsp3) is 0.480. The molecule has 0 aromatic heterocycles. The number of rotatable bonds is 9. The maximum atomic E-state index is 12.5. The molecular weight excluding hydrogens is 360 g/mol. The van der Waals surface area contributed by atoms with Crippen molar-refractivity contribution in [2.75, 3.05) is 26.2 Å². The van der Waals surface area contributed by atoms with Gasteiger partial charge in [0.25, 0.3) is 0 Å². The molecule has 1 saturated heterocycles. The van der Waals surface area contributed by atoms with Crippen LogP contribution in [0.2, 0.25) is 0 Å². The molecule has 4 nitrogen and oxygen atoms in total. The molecule has 1 amide bonds. The summed E-state index contributed by atoms with van der Waals surface area (Å²) in [7, 11) is 0. The molecule has 0 spiro atoms. The second-order valence-corrected chi connectivity index (χ2v) is 7.91. The molecule has 0 radical (unpaired) electrons. The van der Waals surface area contributed by atoms with Crippen LogP contribution in [0.4, 0.5) is 0 Å². The SMILES string of the molecule is CCOc1ccccc1CCCNC(=O)C1CCN(Cc2ccccc2C)CC1. The Morgan fingerprint density at radius 3 is 2.48 bits per heavy atom. The molecule has 0 aliphatic carbocycles. The Morgan fingerprint density at radius 2 is 1.76 bits per heavy atom. The van der Waals surface area contributed by atoms with Gasteiger partial charge in [-0.15, -0.1) is 0 Å². The number of ether oxygens (including phenoxy) is 1. The minimum absolute atomic E-state index is 0.152. The number of amides is 1. The van der Waals surface area contributed by atoms with E-state index in [0.717, 1.165) is 57.6 Å². The highest BCUT2D eigenvalue weighted by atomic mass is 16.5. The molecule has 0 unspecified atom stereocenters. The molecule has 2 aromatic rings. The largest absolute Gasteiger partial charge is 0.494 e. The van der Waals surface area contributed by atoms with Gasteiger partial charge in [0.15, 0.2) is 0 Å². The predicted octanol–water partition coefficient (Wildman–Crippen LogP) is 4.35. The molecule has 1 heterocycles. The first-order valence-electron chi connectivity index (χ1n) is 10.9. The highest BCUT2D eigenvalue weighted by Gasteiger charge is 2.24. The molecular formula is C25H34N2O2. The third kappa shape index (κ3) is 6.33. The van der Waals surface area contributed by atoms with Gasteiger partial charge < -0.3 is 10.1 Å². The summed E-state index contributed by atoms with van der Waals surface area (Å²) in [5.74, 6) is 1.33. The summed E-state index contributed by atoms with van der Waals surface area (Å²) in [5.41, 5.74) is 3.95. The third-order valence-electron chi connectivity index (χ3n) is 5.81. The van der Waals surface area contributed by atoms with Crippen molar-refractivity contribution in [1.29, 1.82) is 0 Å². The number of piperidine rings is 1. The van der Waals surface area contributed by atoms with Gasteiger partial charge in [0.2, 0.25) is 5.91 Å². The van der Waals surface area contributed by atoms with E-state index in [1.54, 1.807) is 0 Å². The summed E-state index contributed by atoms with van der Waals surface area (Å²) >= 11 is 0. The molecule has 0 atom stereocenters. The van der Waals surface area contributed by atoms with Crippen molar-refractivity contribution >= 4 is 5.91 Å². The lowest BCUT2D eigenvalue weighted by molar-refractivity contribution is -0.126. The summed E-state index contributed by atoms with van der Waals surface area (Å²) in [6.45, 7) is 8.55. The number of hydrogen-bond acceptors (Lipinski definition) is 3. The summed E-state index contributed by atoms with van der Waals surface area (Å²) in [4.78, 5) is 15.0. The molecule has 2 aromatic carbocycles. The molecule has 4 heteroatoms. The van der Waals surface area contributed by atoms with Crippen LogP contribution in [0, 0.1) is 12.8 Å². The van der Waals surface area contributed by atoms with E-state index in [0.29, 0.717) is 6.61 Å². The van der Waals surface area contributed by atoms with Gasteiger partial charge >= 0.3 is 0 Å². The van der Waals surface area contributed by atoms with E-state index < -0.39 is 0 Å². The number of carbonyl (C=O) groups is 1. The zero-order chi connectivity index (χ0) is 20.5. The second kappa shape index (κ2) is 11.0. The van der Waals surface area contributed by atoms with Gasteiger partial charge in [0.1, 0.15) is 5.75 Å². The number of para-hydroxylation sites is 1. The fourth-order valence-corrected chi connectivity index (χ4v) is 4.02. The van der Waals surface area contributed by atoms with E-state index >= 15 is 0 Å². The highest BCUT2D eigenvalue weighted by molar-refractivity contribution is 5.78. The van der Waals surface area contributed by atoms with Gasteiger partial charge in [-0.2, -0.15) is 0 Å². The van der Waals surface area contributed by atoms with Crippen LogP contribution >= 0.6 is 0 Å². The fourth-order valence-electron chi connectivity index (χ4n) is 4.02. The Kier molecular flexibility index (Phi) is 8.12. The Bertz CT molecular complexity index is 782. The van der Waals surface area contributed by atoms with Crippen LogP contribution in [0.3, 0.4) is 0 Å². The molecule has 1 N–H and O–H groups in total. The van der Waals surface area contributed by atoms with E-state index in [2.05, 4.69) is 47.5 Å². The molecule has 3 rings (SSSR count). The third-order valence-corrected chi connectivity index (χ3v) is 5.81. The van der Waals surface area contributed by atoms with Crippen molar-refractivity contribution in [1.82, 2.24) is 10.2 Å². The van der Waals surface area contributed by atoms with Gasteiger partial charge in [-0.1, -0.05) is 42.5 Å². The molecule has 29 heavy (non-hydrogen) atoms. The normalized spacial score (nSPS) is 15.2. The van der Waals surface area contributed by atoms with Crippen LogP contribution in [0.1, 0.15) is 42.9 Å². The Morgan fingerprint density at radius 1 is 1.07 bits per heavy atom. The summed E-state index contributed by atoms with van der Waals surface area (Å²) in [6.07, 6.45) is 3.75. The van der Waals surface area contributed by atoms with Gasteiger partial charge in [-0.25, -0.2) is 0 Å². The van der Waals surface area contributed by atoms with Crippen LogP contribution in [0.25, 0.3) is 0 Å². The Hall–Kier alpha value is -2.33. The second-order valence-electron chi connectivity index (χ2n) is 7.91. The number of nitrogens with one attached hydrogen (secondary N) is 1. The van der Waals surface area contributed by atoms with E-state index in [1.165, 1.54) is 16.7 Å². The van der Waals surface area contributed by atoms with Gasteiger partial charge in [-0.3, -0.25) is 9.69 Å². The van der Waals surface area contributed by atoms with Crippen molar-refractivity contribution < 1.29 is 9.53 Å². The first-order chi connectivity index (χ1) is 14.2. The zero-order valence-corrected chi connectivity index (χ0v) is 17.8. The quantitative estimate of drug-likeness (QED) is 0.643. The van der Waals surface area contributed by atoms with Gasteiger partial charge in [0.05, 0.1) is 6.61 Å². The van der Waals surface area contributed by atoms with Crippen LogP contribution in [-0.4, -0.2) is 37.0 Å². The van der Waals surface area contributed by atoms with Crippen LogP contribution in [-0.2, 0) is 17.8 Å². The number of aryl methyl sites for hydroxylation is 2. The minimum Gasteiger partial charge on any atom is -0.494 e. The first-order valence-corrected chi connectivity index (χ1v) is 10.9. The summed E-state index contributed by atoms with van der Waals surface area (Å²) < 4.78 is 5.68. The number of nitrogens with zero attached hydrogens (tertiary/aromatic N) is 1. The van der Waals surface area contributed by atoms with E-state index in [-0.39, 0.29) is 11.8 Å². The topological polar surface area (TPSA) is 41.6 Å². The predicted molar refractivity (Wildman–Crippen MR) is 118 cm³/mol. The smallest absolute Gasteiger partial charge is 0.223 e. The van der Waals surface area contributed by atoms with E-state index in [1.807, 2.05) is 25.1 Å². The van der Waals surface area contributed by atoms with Crippen LogP contribution in [0.15, 0.2) is 48.5 Å². The highest BCUT2D eigenvalue weighted by Crippen LogP contribution is 2.21. The van der Waals surface area contributed by atoms with Crippen LogP contribution in [0.5, 0.6) is 5.75 Å². The van der Waals surface area contributed by atoms with Gasteiger partial charge in [-0.05, 0) is 75.4 Å². The number of carbonyl (C=O) groups excluding carboxylic acids is 1. The maximum Gasteiger partial charge on any atom is 0.223 e. The molecule has 0 saturated carbocycles. The standard InChI is InChI=1S/C25H34N2O2/c1-3-29-24-13-7-6-10-21(24)12-8-16-26-25(28)22-14-17-27(18-15-22)19-23-11-5-4-9-20(23)2/h4-7,9-11,13,22H,3,8,12,14-19H2,1-2H3,(H,26,28).